The molecule has 10 heteroatoms. The number of piperidine rings is 1. The summed E-state index contributed by atoms with van der Waals surface area (Å²) in [6, 6.07) is 6.01. The van der Waals surface area contributed by atoms with Crippen molar-refractivity contribution in [2.45, 2.75) is 38.9 Å². The number of halogens is 3. The lowest BCUT2D eigenvalue weighted by Gasteiger charge is -2.36. The molecule has 1 amide bonds. The van der Waals surface area contributed by atoms with Crippen LogP contribution in [-0.4, -0.2) is 44.9 Å². The summed E-state index contributed by atoms with van der Waals surface area (Å²) < 4.78 is 38.4. The maximum Gasteiger partial charge on any atom is 0.417 e. The van der Waals surface area contributed by atoms with Crippen LogP contribution in [0.15, 0.2) is 35.8 Å². The third-order valence-electron chi connectivity index (χ3n) is 6.47. The molecule has 5 rings (SSSR count). The number of fused-ring (bicyclic) bond motifs is 1. The number of rotatable bonds is 5. The maximum atomic E-state index is 13.8. The van der Waals surface area contributed by atoms with Crippen molar-refractivity contribution in [3.05, 3.63) is 58.5 Å². The highest BCUT2D eigenvalue weighted by atomic mass is 32.1. The fraction of sp³-hybridized carbons (Fsp3) is 0.417. The highest BCUT2D eigenvalue weighted by Gasteiger charge is 2.47. The lowest BCUT2D eigenvalue weighted by molar-refractivity contribution is -0.137. The number of aromatic nitrogens is 3. The second-order valence-electron chi connectivity index (χ2n) is 9.06. The Bertz CT molecular complexity index is 1210. The molecule has 2 fully saturated rings. The number of nitrogens with one attached hydrogen (secondary N) is 1. The Kier molecular flexibility index (Phi) is 5.79. The first-order valence-corrected chi connectivity index (χ1v) is 12.0. The number of hydrogen-bond donors (Lipinski definition) is 1. The number of hydrogen-bond acceptors (Lipinski definition) is 6. The molecule has 3 atom stereocenters. The quantitative estimate of drug-likeness (QED) is 0.536. The van der Waals surface area contributed by atoms with Crippen LogP contribution < -0.4 is 5.32 Å². The first-order valence-electron chi connectivity index (χ1n) is 11.2. The molecule has 2 aliphatic rings. The molecule has 1 aliphatic carbocycles. The molecule has 3 aromatic heterocycles. The van der Waals surface area contributed by atoms with E-state index < -0.39 is 11.7 Å². The summed E-state index contributed by atoms with van der Waals surface area (Å²) in [5.41, 5.74) is 1.98. The summed E-state index contributed by atoms with van der Waals surface area (Å²) in [6.45, 7) is 4.83. The van der Waals surface area contributed by atoms with E-state index in [-0.39, 0.29) is 11.9 Å². The van der Waals surface area contributed by atoms with Crippen molar-refractivity contribution in [2.24, 2.45) is 11.8 Å². The van der Waals surface area contributed by atoms with Gasteiger partial charge in [0.25, 0.3) is 5.91 Å². The lowest BCUT2D eigenvalue weighted by atomic mass is 10.0. The van der Waals surface area contributed by atoms with Gasteiger partial charge < -0.3 is 10.2 Å². The summed E-state index contributed by atoms with van der Waals surface area (Å²) in [4.78, 5) is 28.7. The first kappa shape index (κ1) is 22.8. The van der Waals surface area contributed by atoms with E-state index in [2.05, 4.69) is 20.3 Å². The van der Waals surface area contributed by atoms with Gasteiger partial charge in [0, 0.05) is 47.7 Å². The van der Waals surface area contributed by atoms with Gasteiger partial charge in [-0.2, -0.15) is 13.2 Å². The van der Waals surface area contributed by atoms with E-state index in [0.717, 1.165) is 47.1 Å². The molecule has 0 radical (unpaired) electrons. The van der Waals surface area contributed by atoms with Gasteiger partial charge in [-0.25, -0.2) is 15.0 Å². The molecule has 0 spiro atoms. The molecule has 1 aliphatic heterocycles. The van der Waals surface area contributed by atoms with Crippen molar-refractivity contribution in [3.8, 4) is 10.6 Å². The molecule has 0 aromatic carbocycles. The highest BCUT2D eigenvalue weighted by Crippen LogP contribution is 2.47. The van der Waals surface area contributed by atoms with Crippen LogP contribution in [-0.2, 0) is 6.18 Å². The molecule has 0 bridgehead atoms. The Morgan fingerprint density at radius 2 is 1.94 bits per heavy atom. The van der Waals surface area contributed by atoms with Crippen molar-refractivity contribution < 1.29 is 18.0 Å². The molecule has 178 valence electrons. The summed E-state index contributed by atoms with van der Waals surface area (Å²) in [5, 5.41) is 5.84. The Hall–Kier alpha value is -3.01. The standard InChI is InChI=1S/C24H24F3N5OS/c1-13-3-5-19(22-31-14(2)12-34-22)21(30-13)23(33)32-11-16-7-15(16)8-18(32)10-29-20-6-4-17(9-28-20)24(25,26)27/h3-6,9,12,15-16,18H,7-8,10-11H2,1-2H3,(H,28,29)/t15-,16+,18?/m1/s1. The summed E-state index contributed by atoms with van der Waals surface area (Å²) >= 11 is 1.48. The predicted molar refractivity (Wildman–Crippen MR) is 124 cm³/mol. The minimum absolute atomic E-state index is 0.103. The van der Waals surface area contributed by atoms with E-state index >= 15 is 0 Å². The van der Waals surface area contributed by atoms with Gasteiger partial charge >= 0.3 is 6.18 Å². The van der Waals surface area contributed by atoms with Crippen LogP contribution in [0.4, 0.5) is 19.0 Å². The predicted octanol–water partition coefficient (Wildman–Crippen LogP) is 5.20. The molecule has 1 N–H and O–H groups in total. The smallest absolute Gasteiger partial charge is 0.368 e. The summed E-state index contributed by atoms with van der Waals surface area (Å²) in [7, 11) is 0. The Balaban J connectivity index is 1.37. The average Bonchev–Trinajstić information content (AvgIpc) is 3.44. The van der Waals surface area contributed by atoms with Crippen molar-refractivity contribution in [1.29, 1.82) is 0 Å². The monoisotopic (exact) mass is 487 g/mol. The van der Waals surface area contributed by atoms with E-state index in [4.69, 9.17) is 0 Å². The van der Waals surface area contributed by atoms with Crippen molar-refractivity contribution >= 4 is 23.1 Å². The van der Waals surface area contributed by atoms with Gasteiger partial charge in [0.15, 0.2) is 0 Å². The molecule has 34 heavy (non-hydrogen) atoms. The van der Waals surface area contributed by atoms with E-state index in [1.807, 2.05) is 36.3 Å². The molecule has 3 aromatic rings. The van der Waals surface area contributed by atoms with Gasteiger partial charge in [-0.1, -0.05) is 0 Å². The van der Waals surface area contributed by atoms with Gasteiger partial charge in [0.05, 0.1) is 5.56 Å². The Morgan fingerprint density at radius 1 is 1.12 bits per heavy atom. The van der Waals surface area contributed by atoms with Gasteiger partial charge in [0.2, 0.25) is 0 Å². The third-order valence-corrected chi connectivity index (χ3v) is 7.47. The van der Waals surface area contributed by atoms with Gasteiger partial charge in [-0.15, -0.1) is 11.3 Å². The average molecular weight is 488 g/mol. The van der Waals surface area contributed by atoms with Crippen LogP contribution in [0.25, 0.3) is 10.6 Å². The number of alkyl halides is 3. The topological polar surface area (TPSA) is 71.0 Å². The largest absolute Gasteiger partial charge is 0.417 e. The van der Waals surface area contributed by atoms with Crippen molar-refractivity contribution in [1.82, 2.24) is 19.9 Å². The fourth-order valence-corrected chi connectivity index (χ4v) is 5.36. The number of likely N-dealkylation sites (tertiary alicyclic amines) is 1. The molecule has 1 unspecified atom stereocenters. The lowest BCUT2D eigenvalue weighted by Crippen LogP contribution is -2.48. The number of amides is 1. The third kappa shape index (κ3) is 4.64. The van der Waals surface area contributed by atoms with Gasteiger partial charge in [-0.05, 0) is 62.8 Å². The Morgan fingerprint density at radius 3 is 2.62 bits per heavy atom. The normalized spacial score (nSPS) is 21.8. The number of aryl methyl sites for hydroxylation is 2. The van der Waals surface area contributed by atoms with Crippen LogP contribution in [0, 0.1) is 25.7 Å². The SMILES string of the molecule is Cc1csc(-c2ccc(C)nc2C(=O)N2C[C@@H]3C[C@@H]3CC2CNc2ccc(C(F)(F)F)cn2)n1. The number of carbonyl (C=O) groups excluding carboxylic acids is 1. The van der Waals surface area contributed by atoms with Crippen LogP contribution in [0.3, 0.4) is 0 Å². The number of nitrogens with zero attached hydrogens (tertiary/aromatic N) is 4. The summed E-state index contributed by atoms with van der Waals surface area (Å²) in [6.07, 6.45) is -1.66. The number of carbonyl (C=O) groups is 1. The minimum atomic E-state index is -4.42. The zero-order valence-corrected chi connectivity index (χ0v) is 19.6. The maximum absolute atomic E-state index is 13.8. The molecule has 6 nitrogen and oxygen atoms in total. The number of anilines is 1. The molecular formula is C24H24F3N5OS. The first-order chi connectivity index (χ1) is 16.2. The van der Waals surface area contributed by atoms with Crippen LogP contribution >= 0.6 is 11.3 Å². The fourth-order valence-electron chi connectivity index (χ4n) is 4.54. The second kappa shape index (κ2) is 8.65. The van der Waals surface area contributed by atoms with E-state index in [9.17, 15) is 18.0 Å². The van der Waals surface area contributed by atoms with Gasteiger partial charge in [0.1, 0.15) is 16.5 Å². The van der Waals surface area contributed by atoms with E-state index in [1.165, 1.54) is 17.4 Å². The zero-order valence-electron chi connectivity index (χ0n) is 18.8. The van der Waals surface area contributed by atoms with Crippen LogP contribution in [0.5, 0.6) is 0 Å². The number of pyridine rings is 2. The summed E-state index contributed by atoms with van der Waals surface area (Å²) in [5.74, 6) is 1.30. The van der Waals surface area contributed by atoms with Crippen LogP contribution in [0.1, 0.15) is 40.3 Å². The molecule has 1 saturated carbocycles. The molecule has 4 heterocycles. The van der Waals surface area contributed by atoms with Gasteiger partial charge in [-0.3, -0.25) is 4.79 Å². The van der Waals surface area contributed by atoms with Crippen molar-refractivity contribution in [2.75, 3.05) is 18.4 Å². The molecule has 1 saturated heterocycles. The zero-order chi connectivity index (χ0) is 24.0. The molecular weight excluding hydrogens is 463 g/mol. The van der Waals surface area contributed by atoms with E-state index in [0.29, 0.717) is 36.4 Å². The van der Waals surface area contributed by atoms with E-state index in [1.54, 1.807) is 0 Å². The van der Waals surface area contributed by atoms with Crippen molar-refractivity contribution in [3.63, 3.8) is 0 Å². The Labute approximate surface area is 199 Å². The second-order valence-corrected chi connectivity index (χ2v) is 9.91. The number of thiazole rings is 1. The van der Waals surface area contributed by atoms with Crippen LogP contribution in [0.2, 0.25) is 0 Å². The highest BCUT2D eigenvalue weighted by molar-refractivity contribution is 7.13. The minimum Gasteiger partial charge on any atom is -0.368 e.